The van der Waals surface area contributed by atoms with Crippen molar-refractivity contribution in [1.82, 2.24) is 19.7 Å². The van der Waals surface area contributed by atoms with Crippen LogP contribution in [0, 0.1) is 6.92 Å². The van der Waals surface area contributed by atoms with Crippen LogP contribution in [0.1, 0.15) is 18.3 Å². The molecule has 0 aliphatic carbocycles. The number of anilines is 1. The van der Waals surface area contributed by atoms with Crippen molar-refractivity contribution in [2.75, 3.05) is 5.32 Å². The summed E-state index contributed by atoms with van der Waals surface area (Å²) in [7, 11) is 0. The molecule has 6 nitrogen and oxygen atoms in total. The van der Waals surface area contributed by atoms with Gasteiger partial charge in [-0.1, -0.05) is 65.6 Å². The number of thioether (sulfide) groups is 2. The average molecular weight is 518 g/mol. The molecular weight excluding hydrogens is 495 g/mol. The van der Waals surface area contributed by atoms with E-state index in [4.69, 9.17) is 0 Å². The predicted octanol–water partition coefficient (Wildman–Crippen LogP) is 6.60. The molecule has 0 saturated carbocycles. The standard InChI is InChI=1S/C26H23N5OS3/c1-17-13-14-21-22(15-17)35-25(27-21)28-24(32)18(2)34-26-30-29-23(16-33-20-11-7-4-8-12-20)31(26)19-9-5-3-6-10-19/h3-15,18H,16H2,1-2H3,(H,27,28,32). The van der Waals surface area contributed by atoms with E-state index in [-0.39, 0.29) is 11.2 Å². The van der Waals surface area contributed by atoms with Crippen LogP contribution < -0.4 is 5.32 Å². The molecule has 0 radical (unpaired) electrons. The highest BCUT2D eigenvalue weighted by molar-refractivity contribution is 8.00. The lowest BCUT2D eigenvalue weighted by molar-refractivity contribution is -0.115. The van der Waals surface area contributed by atoms with Crippen molar-refractivity contribution in [3.05, 3.63) is 90.3 Å². The number of aromatic nitrogens is 4. The molecule has 2 aromatic heterocycles. The van der Waals surface area contributed by atoms with E-state index in [1.165, 1.54) is 33.6 Å². The zero-order chi connectivity index (χ0) is 24.2. The molecule has 0 saturated heterocycles. The zero-order valence-corrected chi connectivity index (χ0v) is 21.7. The summed E-state index contributed by atoms with van der Waals surface area (Å²) in [4.78, 5) is 18.7. The largest absolute Gasteiger partial charge is 0.301 e. The van der Waals surface area contributed by atoms with Crippen LogP contribution >= 0.6 is 34.9 Å². The van der Waals surface area contributed by atoms with Gasteiger partial charge in [0, 0.05) is 10.6 Å². The molecule has 5 rings (SSSR count). The Morgan fingerprint density at radius 3 is 2.54 bits per heavy atom. The van der Waals surface area contributed by atoms with Crippen molar-refractivity contribution in [2.45, 2.75) is 34.9 Å². The lowest BCUT2D eigenvalue weighted by atomic mass is 10.2. The molecule has 35 heavy (non-hydrogen) atoms. The summed E-state index contributed by atoms with van der Waals surface area (Å²) in [6, 6.07) is 26.3. The number of hydrogen-bond donors (Lipinski definition) is 1. The number of carbonyl (C=O) groups is 1. The van der Waals surface area contributed by atoms with Gasteiger partial charge in [0.2, 0.25) is 5.91 Å². The minimum Gasteiger partial charge on any atom is -0.301 e. The Kier molecular flexibility index (Phi) is 7.17. The molecule has 1 N–H and O–H groups in total. The van der Waals surface area contributed by atoms with E-state index in [2.05, 4.69) is 38.7 Å². The van der Waals surface area contributed by atoms with Crippen LogP contribution in [0.3, 0.4) is 0 Å². The van der Waals surface area contributed by atoms with Crippen molar-refractivity contribution in [3.63, 3.8) is 0 Å². The molecule has 0 fully saturated rings. The van der Waals surface area contributed by atoms with E-state index in [0.717, 1.165) is 21.7 Å². The van der Waals surface area contributed by atoms with Crippen LogP contribution in [0.4, 0.5) is 5.13 Å². The lowest BCUT2D eigenvalue weighted by Gasteiger charge is -2.13. The van der Waals surface area contributed by atoms with E-state index in [9.17, 15) is 4.79 Å². The first-order valence-electron chi connectivity index (χ1n) is 11.1. The molecule has 0 spiro atoms. The van der Waals surface area contributed by atoms with Gasteiger partial charge in [-0.2, -0.15) is 0 Å². The Morgan fingerprint density at radius 1 is 1.03 bits per heavy atom. The summed E-state index contributed by atoms with van der Waals surface area (Å²) < 4.78 is 3.09. The highest BCUT2D eigenvalue weighted by Gasteiger charge is 2.22. The van der Waals surface area contributed by atoms with E-state index in [1.807, 2.05) is 79.1 Å². The van der Waals surface area contributed by atoms with Crippen molar-refractivity contribution >= 4 is 56.1 Å². The van der Waals surface area contributed by atoms with Gasteiger partial charge in [0.05, 0.1) is 21.2 Å². The molecule has 9 heteroatoms. The SMILES string of the molecule is Cc1ccc2nc(NC(=O)C(C)Sc3nnc(CSc4ccccc4)n3-c3ccccc3)sc2c1. The number of nitrogens with zero attached hydrogens (tertiary/aromatic N) is 4. The molecule has 2 heterocycles. The third-order valence-corrected chi connectivity index (χ3v) is 8.24. The minimum atomic E-state index is -0.384. The fourth-order valence-electron chi connectivity index (χ4n) is 3.48. The number of hydrogen-bond acceptors (Lipinski definition) is 7. The molecule has 0 aliphatic heterocycles. The number of para-hydroxylation sites is 1. The van der Waals surface area contributed by atoms with Crippen molar-refractivity contribution in [2.24, 2.45) is 0 Å². The molecule has 1 atom stereocenters. The predicted molar refractivity (Wildman–Crippen MR) is 146 cm³/mol. The van der Waals surface area contributed by atoms with Gasteiger partial charge in [-0.05, 0) is 55.8 Å². The van der Waals surface area contributed by atoms with Gasteiger partial charge in [0.25, 0.3) is 0 Å². The van der Waals surface area contributed by atoms with Gasteiger partial charge in [-0.15, -0.1) is 22.0 Å². The van der Waals surface area contributed by atoms with Gasteiger partial charge in [0.15, 0.2) is 10.3 Å². The number of benzene rings is 3. The van der Waals surface area contributed by atoms with E-state index in [0.29, 0.717) is 16.0 Å². The third kappa shape index (κ3) is 5.58. The first kappa shape index (κ1) is 23.6. The van der Waals surface area contributed by atoms with Gasteiger partial charge < -0.3 is 5.32 Å². The number of nitrogens with one attached hydrogen (secondary N) is 1. The molecule has 0 bridgehead atoms. The van der Waals surface area contributed by atoms with Gasteiger partial charge >= 0.3 is 0 Å². The molecule has 0 aliphatic rings. The van der Waals surface area contributed by atoms with Gasteiger partial charge in [-0.3, -0.25) is 9.36 Å². The molecule has 176 valence electrons. The monoisotopic (exact) mass is 517 g/mol. The highest BCUT2D eigenvalue weighted by atomic mass is 32.2. The Balaban J connectivity index is 1.34. The highest BCUT2D eigenvalue weighted by Crippen LogP contribution is 2.31. The normalized spacial score (nSPS) is 12.1. The van der Waals surface area contributed by atoms with E-state index in [1.54, 1.807) is 11.8 Å². The molecule has 1 amide bonds. The summed E-state index contributed by atoms with van der Waals surface area (Å²) in [5.74, 6) is 1.38. The second-order valence-electron chi connectivity index (χ2n) is 7.91. The number of aryl methyl sites for hydroxylation is 1. The number of thiazole rings is 1. The van der Waals surface area contributed by atoms with Crippen LogP contribution in [0.25, 0.3) is 15.9 Å². The fraction of sp³-hybridized carbons (Fsp3) is 0.154. The van der Waals surface area contributed by atoms with Gasteiger partial charge in [-0.25, -0.2) is 4.98 Å². The fourth-order valence-corrected chi connectivity index (χ4v) is 6.16. The average Bonchev–Trinajstić information content (AvgIpc) is 3.46. The summed E-state index contributed by atoms with van der Waals surface area (Å²) in [5.41, 5.74) is 3.03. The Labute approximate surface area is 216 Å². The second-order valence-corrected chi connectivity index (χ2v) is 11.3. The summed E-state index contributed by atoms with van der Waals surface area (Å²) >= 11 is 4.58. The zero-order valence-electron chi connectivity index (χ0n) is 19.2. The molecule has 1 unspecified atom stereocenters. The van der Waals surface area contributed by atoms with E-state index >= 15 is 0 Å². The first-order chi connectivity index (χ1) is 17.1. The van der Waals surface area contributed by atoms with E-state index < -0.39 is 0 Å². The molecule has 5 aromatic rings. The van der Waals surface area contributed by atoms with Crippen molar-refractivity contribution < 1.29 is 4.79 Å². The molecule has 3 aromatic carbocycles. The summed E-state index contributed by atoms with van der Waals surface area (Å²) in [5, 5.41) is 12.8. The molecular formula is C26H23N5OS3. The minimum absolute atomic E-state index is 0.117. The lowest BCUT2D eigenvalue weighted by Crippen LogP contribution is -2.22. The van der Waals surface area contributed by atoms with Crippen molar-refractivity contribution in [1.29, 1.82) is 0 Å². The smallest absolute Gasteiger partial charge is 0.239 e. The Hall–Kier alpha value is -3.14. The Bertz CT molecular complexity index is 1450. The Morgan fingerprint density at radius 2 is 1.77 bits per heavy atom. The number of fused-ring (bicyclic) bond motifs is 1. The van der Waals surface area contributed by atoms with Crippen LogP contribution in [0.15, 0.2) is 88.9 Å². The maximum Gasteiger partial charge on any atom is 0.239 e. The van der Waals surface area contributed by atoms with Crippen LogP contribution in [-0.2, 0) is 10.5 Å². The van der Waals surface area contributed by atoms with Crippen LogP contribution in [-0.4, -0.2) is 30.9 Å². The number of amides is 1. The van der Waals surface area contributed by atoms with Crippen molar-refractivity contribution in [3.8, 4) is 5.69 Å². The quantitative estimate of drug-likeness (QED) is 0.234. The second kappa shape index (κ2) is 10.6. The number of rotatable bonds is 8. The third-order valence-electron chi connectivity index (χ3n) is 5.25. The number of carbonyl (C=O) groups excluding carboxylic acids is 1. The topological polar surface area (TPSA) is 72.7 Å². The van der Waals surface area contributed by atoms with Crippen LogP contribution in [0.2, 0.25) is 0 Å². The first-order valence-corrected chi connectivity index (χ1v) is 13.8. The maximum absolute atomic E-state index is 13.0. The van der Waals surface area contributed by atoms with Gasteiger partial charge in [0.1, 0.15) is 5.82 Å². The summed E-state index contributed by atoms with van der Waals surface area (Å²) in [6.07, 6.45) is 0. The maximum atomic E-state index is 13.0. The van der Waals surface area contributed by atoms with Crippen LogP contribution in [0.5, 0.6) is 0 Å². The summed E-state index contributed by atoms with van der Waals surface area (Å²) in [6.45, 7) is 3.92.